The van der Waals surface area contributed by atoms with E-state index in [-0.39, 0.29) is 0 Å². The lowest BCUT2D eigenvalue weighted by Crippen LogP contribution is -2.09. The Morgan fingerprint density at radius 3 is 2.50 bits per heavy atom. The van der Waals surface area contributed by atoms with Crippen LogP contribution in [-0.4, -0.2) is 18.1 Å². The van der Waals surface area contributed by atoms with Gasteiger partial charge in [0.05, 0.1) is 12.7 Å². The average molecular weight is 295 g/mol. The van der Waals surface area contributed by atoms with Gasteiger partial charge in [0.15, 0.2) is 11.5 Å². The average Bonchev–Trinajstić information content (AvgIpc) is 2.82. The second-order valence-electron chi connectivity index (χ2n) is 5.18. The van der Waals surface area contributed by atoms with Crippen molar-refractivity contribution in [1.29, 1.82) is 0 Å². The Bertz CT molecular complexity index is 849. The summed E-state index contributed by atoms with van der Waals surface area (Å²) in [6, 6.07) is 12.6. The summed E-state index contributed by atoms with van der Waals surface area (Å²) in [6.07, 6.45) is 0. The molecule has 0 atom stereocenters. The predicted octanol–water partition coefficient (Wildman–Crippen LogP) is 4.01. The second-order valence-corrected chi connectivity index (χ2v) is 5.18. The number of carbonyl (C=O) groups excluding carboxylic acids is 1. The summed E-state index contributed by atoms with van der Waals surface area (Å²) >= 11 is 0. The summed E-state index contributed by atoms with van der Waals surface area (Å²) in [6.45, 7) is 4.05. The van der Waals surface area contributed by atoms with Gasteiger partial charge in [0.25, 0.3) is 0 Å². The Kier molecular flexibility index (Phi) is 3.59. The maximum atomic E-state index is 12.4. The fourth-order valence-corrected chi connectivity index (χ4v) is 2.45. The van der Waals surface area contributed by atoms with Crippen LogP contribution in [0.4, 0.5) is 0 Å². The van der Waals surface area contributed by atoms with Crippen molar-refractivity contribution in [2.75, 3.05) is 7.11 Å². The minimum absolute atomic E-state index is 0.398. The van der Waals surface area contributed by atoms with Crippen LogP contribution in [0, 0.1) is 13.8 Å². The predicted molar refractivity (Wildman–Crippen MR) is 85.7 cm³/mol. The van der Waals surface area contributed by atoms with E-state index >= 15 is 0 Å². The third-order valence-corrected chi connectivity index (χ3v) is 3.82. The standard InChI is InChI=1S/C18H17NO3/c1-11-12(2)19-15-9-8-13(10-14(11)15)18(20)22-17-7-5-4-6-16(17)21-3/h4-10,19H,1-3H3. The van der Waals surface area contributed by atoms with E-state index in [2.05, 4.69) is 4.98 Å². The number of H-pyrrole nitrogens is 1. The van der Waals surface area contributed by atoms with Gasteiger partial charge in [0, 0.05) is 16.6 Å². The number of aromatic nitrogens is 1. The molecule has 1 aromatic heterocycles. The highest BCUT2D eigenvalue weighted by Crippen LogP contribution is 2.28. The maximum Gasteiger partial charge on any atom is 0.343 e. The maximum absolute atomic E-state index is 12.4. The molecular formula is C18H17NO3. The summed E-state index contributed by atoms with van der Waals surface area (Å²) in [5.74, 6) is 0.548. The number of hydrogen-bond acceptors (Lipinski definition) is 3. The molecule has 0 aliphatic rings. The van der Waals surface area contributed by atoms with Crippen LogP contribution < -0.4 is 9.47 Å². The Hall–Kier alpha value is -2.75. The van der Waals surface area contributed by atoms with Crippen molar-refractivity contribution < 1.29 is 14.3 Å². The topological polar surface area (TPSA) is 51.3 Å². The molecule has 4 nitrogen and oxygen atoms in total. The molecule has 0 aliphatic carbocycles. The van der Waals surface area contributed by atoms with Gasteiger partial charge >= 0.3 is 5.97 Å². The fraction of sp³-hybridized carbons (Fsp3) is 0.167. The van der Waals surface area contributed by atoms with E-state index in [1.165, 1.54) is 0 Å². The molecule has 0 radical (unpaired) electrons. The van der Waals surface area contributed by atoms with Crippen LogP contribution in [-0.2, 0) is 0 Å². The molecule has 1 N–H and O–H groups in total. The normalized spacial score (nSPS) is 10.7. The zero-order valence-electron chi connectivity index (χ0n) is 12.8. The molecule has 0 saturated carbocycles. The SMILES string of the molecule is COc1ccccc1OC(=O)c1ccc2[nH]c(C)c(C)c2c1. The van der Waals surface area contributed by atoms with Gasteiger partial charge in [-0.1, -0.05) is 12.1 Å². The molecule has 22 heavy (non-hydrogen) atoms. The number of ether oxygens (including phenoxy) is 2. The van der Waals surface area contributed by atoms with E-state index in [1.54, 1.807) is 31.4 Å². The van der Waals surface area contributed by atoms with Gasteiger partial charge in [-0.2, -0.15) is 0 Å². The van der Waals surface area contributed by atoms with Crippen LogP contribution in [0.5, 0.6) is 11.5 Å². The van der Waals surface area contributed by atoms with E-state index in [4.69, 9.17) is 9.47 Å². The lowest BCUT2D eigenvalue weighted by Gasteiger charge is -2.08. The number of para-hydroxylation sites is 2. The van der Waals surface area contributed by atoms with Crippen molar-refractivity contribution in [3.8, 4) is 11.5 Å². The molecule has 112 valence electrons. The van der Waals surface area contributed by atoms with Gasteiger partial charge in [-0.15, -0.1) is 0 Å². The third kappa shape index (κ3) is 2.44. The van der Waals surface area contributed by atoms with Crippen molar-refractivity contribution in [2.24, 2.45) is 0 Å². The van der Waals surface area contributed by atoms with Crippen molar-refractivity contribution in [1.82, 2.24) is 4.98 Å². The van der Waals surface area contributed by atoms with Crippen LogP contribution in [0.2, 0.25) is 0 Å². The Labute approximate surface area is 128 Å². The molecule has 3 rings (SSSR count). The van der Waals surface area contributed by atoms with Crippen LogP contribution >= 0.6 is 0 Å². The number of fused-ring (bicyclic) bond motifs is 1. The molecular weight excluding hydrogens is 278 g/mol. The molecule has 3 aromatic rings. The van der Waals surface area contributed by atoms with E-state index in [0.29, 0.717) is 17.1 Å². The largest absolute Gasteiger partial charge is 0.493 e. The molecule has 4 heteroatoms. The Morgan fingerprint density at radius 1 is 1.05 bits per heavy atom. The minimum Gasteiger partial charge on any atom is -0.493 e. The first kappa shape index (κ1) is 14.2. The number of hydrogen-bond donors (Lipinski definition) is 1. The van der Waals surface area contributed by atoms with Crippen molar-refractivity contribution >= 4 is 16.9 Å². The zero-order chi connectivity index (χ0) is 15.7. The monoisotopic (exact) mass is 295 g/mol. The summed E-state index contributed by atoms with van der Waals surface area (Å²) in [5, 5.41) is 1.03. The lowest BCUT2D eigenvalue weighted by atomic mass is 10.1. The van der Waals surface area contributed by atoms with E-state index in [0.717, 1.165) is 22.2 Å². The number of methoxy groups -OCH3 is 1. The summed E-state index contributed by atoms with van der Waals surface area (Å²) < 4.78 is 10.6. The molecule has 0 amide bonds. The van der Waals surface area contributed by atoms with E-state index < -0.39 is 5.97 Å². The van der Waals surface area contributed by atoms with Gasteiger partial charge in [0.2, 0.25) is 0 Å². The summed E-state index contributed by atoms with van der Waals surface area (Å²) in [7, 11) is 1.55. The first-order chi connectivity index (χ1) is 10.6. The number of benzene rings is 2. The van der Waals surface area contributed by atoms with E-state index in [9.17, 15) is 4.79 Å². The molecule has 0 fully saturated rings. The highest BCUT2D eigenvalue weighted by atomic mass is 16.6. The van der Waals surface area contributed by atoms with Crippen LogP contribution in [0.1, 0.15) is 21.6 Å². The van der Waals surface area contributed by atoms with Crippen LogP contribution in [0.3, 0.4) is 0 Å². The minimum atomic E-state index is -0.398. The number of carbonyl (C=O) groups is 1. The quantitative estimate of drug-likeness (QED) is 0.586. The molecule has 0 bridgehead atoms. The number of aryl methyl sites for hydroxylation is 2. The van der Waals surface area contributed by atoms with Crippen molar-refractivity contribution in [3.05, 3.63) is 59.3 Å². The molecule has 0 spiro atoms. The van der Waals surface area contributed by atoms with Gasteiger partial charge < -0.3 is 14.5 Å². The second kappa shape index (κ2) is 5.56. The lowest BCUT2D eigenvalue weighted by molar-refractivity contribution is 0.0730. The third-order valence-electron chi connectivity index (χ3n) is 3.82. The first-order valence-corrected chi connectivity index (χ1v) is 7.04. The van der Waals surface area contributed by atoms with Gasteiger partial charge in [-0.25, -0.2) is 4.79 Å². The van der Waals surface area contributed by atoms with Gasteiger partial charge in [0.1, 0.15) is 0 Å². The summed E-state index contributed by atoms with van der Waals surface area (Å²) in [4.78, 5) is 15.6. The molecule has 0 saturated heterocycles. The number of aromatic amines is 1. The molecule has 0 unspecified atom stereocenters. The van der Waals surface area contributed by atoms with Gasteiger partial charge in [-0.3, -0.25) is 0 Å². The number of nitrogens with one attached hydrogen (secondary N) is 1. The molecule has 0 aliphatic heterocycles. The number of esters is 1. The molecule has 1 heterocycles. The van der Waals surface area contributed by atoms with Crippen molar-refractivity contribution in [2.45, 2.75) is 13.8 Å². The highest BCUT2D eigenvalue weighted by Gasteiger charge is 2.14. The van der Waals surface area contributed by atoms with Crippen LogP contribution in [0.15, 0.2) is 42.5 Å². The first-order valence-electron chi connectivity index (χ1n) is 7.04. The van der Waals surface area contributed by atoms with E-state index in [1.807, 2.05) is 32.0 Å². The van der Waals surface area contributed by atoms with Crippen molar-refractivity contribution in [3.63, 3.8) is 0 Å². The highest BCUT2D eigenvalue weighted by molar-refractivity contribution is 5.97. The fourth-order valence-electron chi connectivity index (χ4n) is 2.45. The smallest absolute Gasteiger partial charge is 0.343 e. The van der Waals surface area contributed by atoms with Crippen LogP contribution in [0.25, 0.3) is 10.9 Å². The zero-order valence-corrected chi connectivity index (χ0v) is 12.8. The molecule has 2 aromatic carbocycles. The Balaban J connectivity index is 1.93. The Morgan fingerprint density at radius 2 is 1.77 bits per heavy atom. The van der Waals surface area contributed by atoms with Gasteiger partial charge in [-0.05, 0) is 49.7 Å². The number of rotatable bonds is 3. The summed E-state index contributed by atoms with van der Waals surface area (Å²) in [5.41, 5.74) is 3.77.